The highest BCUT2D eigenvalue weighted by Crippen LogP contribution is 2.22. The minimum atomic E-state index is -3.68. The predicted molar refractivity (Wildman–Crippen MR) is 103 cm³/mol. The summed E-state index contributed by atoms with van der Waals surface area (Å²) in [5, 5.41) is 2.82. The normalized spacial score (nSPS) is 21.0. The number of hydrogen-bond acceptors (Lipinski definition) is 4. The third-order valence-corrected chi connectivity index (χ3v) is 6.24. The van der Waals surface area contributed by atoms with E-state index in [4.69, 9.17) is 4.74 Å². The number of carbonyl (C=O) groups is 1. The lowest BCUT2D eigenvalue weighted by Crippen LogP contribution is -2.48. The lowest BCUT2D eigenvalue weighted by Gasteiger charge is -2.34. The van der Waals surface area contributed by atoms with Crippen molar-refractivity contribution in [1.29, 1.82) is 0 Å². The van der Waals surface area contributed by atoms with E-state index in [9.17, 15) is 13.2 Å². The monoisotopic (exact) mass is 388 g/mol. The Kier molecular flexibility index (Phi) is 5.94. The van der Waals surface area contributed by atoms with Crippen molar-refractivity contribution in [3.63, 3.8) is 0 Å². The Morgan fingerprint density at radius 1 is 1.07 bits per heavy atom. The van der Waals surface area contributed by atoms with Crippen LogP contribution in [-0.4, -0.2) is 43.9 Å². The van der Waals surface area contributed by atoms with E-state index in [0.29, 0.717) is 25.2 Å². The van der Waals surface area contributed by atoms with Crippen LogP contribution in [0.15, 0.2) is 59.5 Å². The van der Waals surface area contributed by atoms with Crippen LogP contribution in [0.3, 0.4) is 0 Å². The molecule has 1 saturated heterocycles. The molecule has 2 aromatic rings. The molecule has 0 saturated carbocycles. The van der Waals surface area contributed by atoms with Gasteiger partial charge in [-0.05, 0) is 37.6 Å². The molecule has 1 fully saturated rings. The van der Waals surface area contributed by atoms with Gasteiger partial charge in [0.1, 0.15) is 0 Å². The molecule has 0 unspecified atom stereocenters. The molecule has 27 heavy (non-hydrogen) atoms. The predicted octanol–water partition coefficient (Wildman–Crippen LogP) is 2.41. The molecule has 1 heterocycles. The second kappa shape index (κ2) is 8.21. The van der Waals surface area contributed by atoms with E-state index in [2.05, 4.69) is 5.32 Å². The van der Waals surface area contributed by atoms with E-state index in [0.717, 1.165) is 5.56 Å². The van der Waals surface area contributed by atoms with E-state index < -0.39 is 10.0 Å². The maximum Gasteiger partial charge on any atom is 0.251 e. The van der Waals surface area contributed by atoms with Gasteiger partial charge in [0.05, 0.1) is 17.1 Å². The van der Waals surface area contributed by atoms with E-state index in [1.807, 2.05) is 44.2 Å². The number of carbonyl (C=O) groups excluding carboxylic acids is 1. The van der Waals surface area contributed by atoms with E-state index >= 15 is 0 Å². The van der Waals surface area contributed by atoms with Crippen molar-refractivity contribution in [2.45, 2.75) is 37.5 Å². The second-order valence-corrected chi connectivity index (χ2v) is 8.71. The van der Waals surface area contributed by atoms with Crippen LogP contribution < -0.4 is 5.32 Å². The molecule has 0 radical (unpaired) electrons. The Bertz CT molecular complexity index is 889. The third kappa shape index (κ3) is 4.74. The maximum absolute atomic E-state index is 13.0. The lowest BCUT2D eigenvalue weighted by molar-refractivity contribution is -0.0440. The van der Waals surface area contributed by atoms with Crippen LogP contribution in [0.25, 0.3) is 0 Å². The SMILES string of the molecule is C[C@H]1CN(S(=O)(=O)c2cccc(C(=O)NCc3ccccc3)c2)C[C@H](C)O1. The van der Waals surface area contributed by atoms with Crippen molar-refractivity contribution in [1.82, 2.24) is 9.62 Å². The van der Waals surface area contributed by atoms with Gasteiger partial charge in [0.2, 0.25) is 10.0 Å². The number of nitrogens with zero attached hydrogens (tertiary/aromatic N) is 1. The van der Waals surface area contributed by atoms with Gasteiger partial charge in [-0.1, -0.05) is 36.4 Å². The molecule has 0 aromatic heterocycles. The summed E-state index contributed by atoms with van der Waals surface area (Å²) in [7, 11) is -3.68. The lowest BCUT2D eigenvalue weighted by atomic mass is 10.2. The summed E-state index contributed by atoms with van der Waals surface area (Å²) in [4.78, 5) is 12.6. The Morgan fingerprint density at radius 3 is 2.41 bits per heavy atom. The fourth-order valence-corrected chi connectivity index (χ4v) is 4.79. The summed E-state index contributed by atoms with van der Waals surface area (Å²) < 4.78 is 33.0. The summed E-state index contributed by atoms with van der Waals surface area (Å²) in [6.07, 6.45) is -0.332. The molecular formula is C20H24N2O4S. The largest absolute Gasteiger partial charge is 0.373 e. The quantitative estimate of drug-likeness (QED) is 0.854. The van der Waals surface area contributed by atoms with E-state index in [-0.39, 0.29) is 23.0 Å². The number of rotatable bonds is 5. The van der Waals surface area contributed by atoms with E-state index in [1.165, 1.54) is 16.4 Å². The molecule has 144 valence electrons. The Labute approximate surface area is 160 Å². The average Bonchev–Trinajstić information content (AvgIpc) is 2.66. The van der Waals surface area contributed by atoms with Gasteiger partial charge < -0.3 is 10.1 Å². The smallest absolute Gasteiger partial charge is 0.251 e. The molecule has 1 aliphatic rings. The van der Waals surface area contributed by atoms with Crippen molar-refractivity contribution >= 4 is 15.9 Å². The molecule has 2 atom stereocenters. The second-order valence-electron chi connectivity index (χ2n) is 6.78. The number of amides is 1. The maximum atomic E-state index is 13.0. The van der Waals surface area contributed by atoms with Gasteiger partial charge >= 0.3 is 0 Å². The number of ether oxygens (including phenoxy) is 1. The number of hydrogen-bond donors (Lipinski definition) is 1. The number of benzene rings is 2. The van der Waals surface area contributed by atoms with Crippen LogP contribution in [0.4, 0.5) is 0 Å². The molecular weight excluding hydrogens is 364 g/mol. The summed E-state index contributed by atoms with van der Waals surface area (Å²) >= 11 is 0. The van der Waals surface area contributed by atoms with Crippen LogP contribution in [0, 0.1) is 0 Å². The topological polar surface area (TPSA) is 75.7 Å². The standard InChI is InChI=1S/C20H24N2O4S/c1-15-13-22(14-16(2)26-15)27(24,25)19-10-6-9-18(11-19)20(23)21-12-17-7-4-3-5-8-17/h3-11,15-16H,12-14H2,1-2H3,(H,21,23)/t15-,16-/m0/s1. The Hall–Kier alpha value is -2.22. The number of nitrogens with one attached hydrogen (secondary N) is 1. The first-order valence-corrected chi connectivity index (χ1v) is 10.4. The number of sulfonamides is 1. The zero-order valence-electron chi connectivity index (χ0n) is 15.5. The van der Waals surface area contributed by atoms with Gasteiger partial charge in [0.25, 0.3) is 5.91 Å². The minimum Gasteiger partial charge on any atom is -0.373 e. The van der Waals surface area contributed by atoms with Crippen LogP contribution in [0.2, 0.25) is 0 Å². The summed E-state index contributed by atoms with van der Waals surface area (Å²) in [6, 6.07) is 15.7. The highest BCUT2D eigenvalue weighted by molar-refractivity contribution is 7.89. The Morgan fingerprint density at radius 2 is 1.74 bits per heavy atom. The van der Waals surface area contributed by atoms with Gasteiger partial charge in [0.15, 0.2) is 0 Å². The van der Waals surface area contributed by atoms with Crippen molar-refractivity contribution in [2.75, 3.05) is 13.1 Å². The Balaban J connectivity index is 1.75. The molecule has 1 aliphatic heterocycles. The highest BCUT2D eigenvalue weighted by Gasteiger charge is 2.32. The molecule has 0 aliphatic carbocycles. The molecule has 7 heteroatoms. The third-order valence-electron chi connectivity index (χ3n) is 4.42. The highest BCUT2D eigenvalue weighted by atomic mass is 32.2. The fourth-order valence-electron chi connectivity index (χ4n) is 3.15. The first-order chi connectivity index (χ1) is 12.9. The van der Waals surface area contributed by atoms with Crippen molar-refractivity contribution < 1.29 is 17.9 Å². The molecule has 1 amide bonds. The van der Waals surface area contributed by atoms with Crippen LogP contribution in [0.1, 0.15) is 29.8 Å². The first-order valence-electron chi connectivity index (χ1n) is 8.94. The van der Waals surface area contributed by atoms with Gasteiger partial charge in [-0.2, -0.15) is 4.31 Å². The zero-order valence-corrected chi connectivity index (χ0v) is 16.3. The van der Waals surface area contributed by atoms with Crippen LogP contribution >= 0.6 is 0 Å². The summed E-state index contributed by atoms with van der Waals surface area (Å²) in [5.74, 6) is -0.306. The molecule has 1 N–H and O–H groups in total. The van der Waals surface area contributed by atoms with Gasteiger partial charge in [-0.25, -0.2) is 8.42 Å². The summed E-state index contributed by atoms with van der Waals surface area (Å²) in [5.41, 5.74) is 1.30. The van der Waals surface area contributed by atoms with Crippen molar-refractivity contribution in [2.24, 2.45) is 0 Å². The minimum absolute atomic E-state index is 0.121. The van der Waals surface area contributed by atoms with Crippen LogP contribution in [-0.2, 0) is 21.3 Å². The van der Waals surface area contributed by atoms with Crippen LogP contribution in [0.5, 0.6) is 0 Å². The average molecular weight is 388 g/mol. The molecule has 6 nitrogen and oxygen atoms in total. The molecule has 3 rings (SSSR count). The van der Waals surface area contributed by atoms with Crippen molar-refractivity contribution in [3.8, 4) is 0 Å². The van der Waals surface area contributed by atoms with Gasteiger partial charge in [-0.15, -0.1) is 0 Å². The number of morpholine rings is 1. The van der Waals surface area contributed by atoms with Gasteiger partial charge in [-0.3, -0.25) is 4.79 Å². The molecule has 2 aromatic carbocycles. The summed E-state index contributed by atoms with van der Waals surface area (Å²) in [6.45, 7) is 4.70. The van der Waals surface area contributed by atoms with Gasteiger partial charge in [0, 0.05) is 25.2 Å². The molecule has 0 bridgehead atoms. The van der Waals surface area contributed by atoms with Crippen molar-refractivity contribution in [3.05, 3.63) is 65.7 Å². The first kappa shape index (κ1) is 19.5. The fraction of sp³-hybridized carbons (Fsp3) is 0.350. The molecule has 0 spiro atoms. The zero-order chi connectivity index (χ0) is 19.4. The van der Waals surface area contributed by atoms with E-state index in [1.54, 1.807) is 12.1 Å².